The second kappa shape index (κ2) is 9.76. The number of thiazole rings is 1. The molecule has 0 aliphatic carbocycles. The van der Waals surface area contributed by atoms with Gasteiger partial charge in [-0.1, -0.05) is 42.5 Å². The summed E-state index contributed by atoms with van der Waals surface area (Å²) in [6.07, 6.45) is 4.79. The zero-order chi connectivity index (χ0) is 25.4. The van der Waals surface area contributed by atoms with Crippen LogP contribution < -0.4 is 14.8 Å². The van der Waals surface area contributed by atoms with Gasteiger partial charge in [-0.2, -0.15) is 14.6 Å². The molecule has 9 heteroatoms. The maximum Gasteiger partial charge on any atom is 0.291 e. The number of rotatable bonds is 7. The quantitative estimate of drug-likeness (QED) is 0.280. The third-order valence-electron chi connectivity index (χ3n) is 5.88. The Morgan fingerprint density at radius 3 is 2.65 bits per heavy atom. The van der Waals surface area contributed by atoms with E-state index in [1.54, 1.807) is 11.3 Å². The number of hydrogen-bond acceptors (Lipinski definition) is 7. The van der Waals surface area contributed by atoms with Crippen LogP contribution in [0.3, 0.4) is 0 Å². The van der Waals surface area contributed by atoms with Crippen LogP contribution >= 0.6 is 22.7 Å². The molecule has 0 unspecified atom stereocenters. The van der Waals surface area contributed by atoms with Crippen molar-refractivity contribution in [2.45, 2.75) is 20.3 Å². The van der Waals surface area contributed by atoms with Gasteiger partial charge in [-0.3, -0.25) is 4.79 Å². The van der Waals surface area contributed by atoms with E-state index in [-0.39, 0.29) is 5.56 Å². The highest BCUT2D eigenvalue weighted by atomic mass is 32.1. The zero-order valence-electron chi connectivity index (χ0n) is 20.3. The van der Waals surface area contributed by atoms with Crippen molar-refractivity contribution in [1.29, 1.82) is 0 Å². The van der Waals surface area contributed by atoms with E-state index in [1.807, 2.05) is 83.9 Å². The normalized spacial score (nSPS) is 12.0. The second-order valence-corrected chi connectivity index (χ2v) is 10.5. The lowest BCUT2D eigenvalue weighted by molar-refractivity contribution is 0.315. The van der Waals surface area contributed by atoms with E-state index >= 15 is 0 Å². The van der Waals surface area contributed by atoms with Crippen molar-refractivity contribution in [1.82, 2.24) is 24.4 Å². The van der Waals surface area contributed by atoms with Crippen LogP contribution in [0.5, 0.6) is 5.75 Å². The van der Waals surface area contributed by atoms with Gasteiger partial charge in [-0.05, 0) is 66.8 Å². The average Bonchev–Trinajstić information content (AvgIpc) is 3.70. The van der Waals surface area contributed by atoms with Gasteiger partial charge in [0, 0.05) is 17.3 Å². The second-order valence-electron chi connectivity index (χ2n) is 8.56. The predicted octanol–water partition coefficient (Wildman–Crippen LogP) is 5.38. The molecule has 0 radical (unpaired) electrons. The Balaban J connectivity index is 1.47. The predicted molar refractivity (Wildman–Crippen MR) is 149 cm³/mol. The van der Waals surface area contributed by atoms with Gasteiger partial charge < -0.3 is 4.74 Å². The summed E-state index contributed by atoms with van der Waals surface area (Å²) < 4.78 is 9.65. The van der Waals surface area contributed by atoms with E-state index in [4.69, 9.17) is 9.84 Å². The molecule has 6 aromatic rings. The first-order valence-electron chi connectivity index (χ1n) is 11.9. The molecule has 0 saturated carbocycles. The van der Waals surface area contributed by atoms with Crippen molar-refractivity contribution in [2.24, 2.45) is 0 Å². The Morgan fingerprint density at radius 2 is 1.92 bits per heavy atom. The first-order chi connectivity index (χ1) is 18.1. The number of ether oxygens (including phenoxy) is 1. The Morgan fingerprint density at radius 1 is 1.05 bits per heavy atom. The van der Waals surface area contributed by atoms with Crippen molar-refractivity contribution in [2.75, 3.05) is 6.61 Å². The Bertz CT molecular complexity index is 1800. The number of aromatic nitrogens is 5. The van der Waals surface area contributed by atoms with Crippen molar-refractivity contribution < 1.29 is 4.74 Å². The minimum Gasteiger partial charge on any atom is -0.493 e. The lowest BCUT2D eigenvalue weighted by Crippen LogP contribution is -2.23. The van der Waals surface area contributed by atoms with Crippen LogP contribution in [-0.4, -0.2) is 31.0 Å². The van der Waals surface area contributed by atoms with Crippen molar-refractivity contribution in [3.8, 4) is 33.4 Å². The van der Waals surface area contributed by atoms with E-state index in [9.17, 15) is 4.79 Å². The maximum absolute atomic E-state index is 13.2. The molecule has 184 valence electrons. The molecule has 0 fully saturated rings. The molecule has 2 aromatic carbocycles. The van der Waals surface area contributed by atoms with Gasteiger partial charge in [-0.25, -0.2) is 4.68 Å². The van der Waals surface area contributed by atoms with Crippen molar-refractivity contribution >= 4 is 33.7 Å². The molecule has 6 rings (SSSR count). The lowest BCUT2D eigenvalue weighted by atomic mass is 10.0. The highest BCUT2D eigenvalue weighted by Crippen LogP contribution is 2.29. The van der Waals surface area contributed by atoms with Crippen molar-refractivity contribution in [3.05, 3.63) is 98.3 Å². The maximum atomic E-state index is 13.2. The first kappa shape index (κ1) is 23.3. The summed E-state index contributed by atoms with van der Waals surface area (Å²) in [5.74, 6) is 1.44. The summed E-state index contributed by atoms with van der Waals surface area (Å²) in [7, 11) is 0. The molecule has 0 amide bonds. The van der Waals surface area contributed by atoms with E-state index in [1.165, 1.54) is 15.9 Å². The summed E-state index contributed by atoms with van der Waals surface area (Å²) in [5.41, 5.74) is 4.36. The molecule has 0 N–H and O–H groups in total. The molecule has 0 spiro atoms. The molecule has 0 atom stereocenters. The SMILES string of the molecule is CCCOc1ccc(-c2nn(-c3ccccc3)cc2C=c2sc3nc(-c4cccs4)nn3c2=O)cc1C. The summed E-state index contributed by atoms with van der Waals surface area (Å²) in [4.78, 5) is 19.3. The molecule has 4 heterocycles. The van der Waals surface area contributed by atoms with Crippen molar-refractivity contribution in [3.63, 3.8) is 0 Å². The number of para-hydroxylation sites is 1. The monoisotopic (exact) mass is 525 g/mol. The zero-order valence-corrected chi connectivity index (χ0v) is 21.9. The molecular weight excluding hydrogens is 502 g/mol. The molecule has 0 bridgehead atoms. The van der Waals surface area contributed by atoms with Gasteiger partial charge in [0.2, 0.25) is 4.96 Å². The van der Waals surface area contributed by atoms with Gasteiger partial charge in [0.15, 0.2) is 5.82 Å². The number of nitrogens with zero attached hydrogens (tertiary/aromatic N) is 5. The highest BCUT2D eigenvalue weighted by molar-refractivity contribution is 7.15. The largest absolute Gasteiger partial charge is 0.493 e. The molecule has 0 aliphatic heterocycles. The van der Waals surface area contributed by atoms with Gasteiger partial charge in [0.05, 0.1) is 21.7 Å². The van der Waals surface area contributed by atoms with Crippen LogP contribution in [0.25, 0.3) is 38.7 Å². The van der Waals surface area contributed by atoms with Crippen LogP contribution in [0.15, 0.2) is 77.0 Å². The fourth-order valence-corrected chi connectivity index (χ4v) is 5.64. The summed E-state index contributed by atoms with van der Waals surface area (Å²) in [5, 5.41) is 11.3. The molecule has 37 heavy (non-hydrogen) atoms. The fraction of sp³-hybridized carbons (Fsp3) is 0.143. The molecule has 0 saturated heterocycles. The van der Waals surface area contributed by atoms with Crippen LogP contribution in [0.1, 0.15) is 24.5 Å². The third-order valence-corrected chi connectivity index (χ3v) is 7.71. The number of benzene rings is 2. The number of hydrogen-bond donors (Lipinski definition) is 0. The van der Waals surface area contributed by atoms with Crippen LogP contribution in [0.4, 0.5) is 0 Å². The summed E-state index contributed by atoms with van der Waals surface area (Å²) in [6, 6.07) is 19.9. The van der Waals surface area contributed by atoms with Gasteiger partial charge in [0.25, 0.3) is 5.56 Å². The van der Waals surface area contributed by atoms with E-state index in [0.717, 1.165) is 45.1 Å². The minimum absolute atomic E-state index is 0.187. The molecule has 4 aromatic heterocycles. The Labute approximate surface area is 220 Å². The Kier molecular flexibility index (Phi) is 6.15. The minimum atomic E-state index is -0.187. The fourth-order valence-electron chi connectivity index (χ4n) is 4.09. The first-order valence-corrected chi connectivity index (χ1v) is 13.6. The standard InChI is InChI=1S/C28H23N5O2S2/c1-3-13-35-22-12-11-19(15-18(22)2)25-20(17-32(30-25)21-8-5-4-6-9-21)16-24-27(34)33-28(37-24)29-26(31-33)23-10-7-14-36-23/h4-12,14-17H,3,13H2,1-2H3. The van der Waals surface area contributed by atoms with Gasteiger partial charge in [-0.15, -0.1) is 16.4 Å². The van der Waals surface area contributed by atoms with Crippen LogP contribution in [-0.2, 0) is 0 Å². The molecular formula is C28H23N5O2S2. The van der Waals surface area contributed by atoms with E-state index in [2.05, 4.69) is 23.1 Å². The number of thiophene rings is 1. The van der Waals surface area contributed by atoms with Gasteiger partial charge >= 0.3 is 0 Å². The Hall–Kier alpha value is -4.08. The molecule has 0 aliphatic rings. The number of fused-ring (bicyclic) bond motifs is 1. The molecule has 7 nitrogen and oxygen atoms in total. The summed E-state index contributed by atoms with van der Waals surface area (Å²) in [6.45, 7) is 4.80. The highest BCUT2D eigenvalue weighted by Gasteiger charge is 2.16. The van der Waals surface area contributed by atoms with Crippen LogP contribution in [0, 0.1) is 6.92 Å². The average molecular weight is 526 g/mol. The van der Waals surface area contributed by atoms with E-state index in [0.29, 0.717) is 21.9 Å². The topological polar surface area (TPSA) is 74.3 Å². The smallest absolute Gasteiger partial charge is 0.291 e. The van der Waals surface area contributed by atoms with Crippen LogP contribution in [0.2, 0.25) is 0 Å². The van der Waals surface area contributed by atoms with Gasteiger partial charge in [0.1, 0.15) is 11.4 Å². The number of aryl methyl sites for hydroxylation is 1. The summed E-state index contributed by atoms with van der Waals surface area (Å²) >= 11 is 2.88. The van der Waals surface area contributed by atoms with E-state index < -0.39 is 0 Å². The lowest BCUT2D eigenvalue weighted by Gasteiger charge is -2.09. The third kappa shape index (κ3) is 4.47.